The first-order valence-corrected chi connectivity index (χ1v) is 8.33. The first-order valence-electron chi connectivity index (χ1n) is 6.79. The first kappa shape index (κ1) is 14.5. The van der Waals surface area contributed by atoms with E-state index in [0.29, 0.717) is 16.9 Å². The zero-order valence-corrected chi connectivity index (χ0v) is 12.1. The van der Waals surface area contributed by atoms with Gasteiger partial charge in [0.15, 0.2) is 9.84 Å². The standard InChI is InChI=1S/C14H20FNO2S/c1-3-5-13-14(16-8-4-2)11-9-10(15)6-7-12(11)19(13,17)18/h6-7,9,13-14,16H,3-5,8H2,1-2H3. The lowest BCUT2D eigenvalue weighted by atomic mass is 10.0. The molecular formula is C14H20FNO2S. The lowest BCUT2D eigenvalue weighted by molar-refractivity contribution is 0.479. The molecule has 5 heteroatoms. The van der Waals surface area contributed by atoms with Crippen LogP contribution >= 0.6 is 0 Å². The third-order valence-corrected chi connectivity index (χ3v) is 5.86. The van der Waals surface area contributed by atoms with Crippen LogP contribution in [0.25, 0.3) is 0 Å². The van der Waals surface area contributed by atoms with Gasteiger partial charge in [-0.25, -0.2) is 12.8 Å². The minimum Gasteiger partial charge on any atom is -0.309 e. The highest BCUT2D eigenvalue weighted by atomic mass is 32.2. The molecule has 0 fully saturated rings. The van der Waals surface area contributed by atoms with Crippen molar-refractivity contribution < 1.29 is 12.8 Å². The molecule has 1 aromatic carbocycles. The van der Waals surface area contributed by atoms with E-state index >= 15 is 0 Å². The van der Waals surface area contributed by atoms with Gasteiger partial charge in [0.05, 0.1) is 16.2 Å². The molecule has 0 aliphatic carbocycles. The molecule has 19 heavy (non-hydrogen) atoms. The highest BCUT2D eigenvalue weighted by molar-refractivity contribution is 7.92. The van der Waals surface area contributed by atoms with Crippen LogP contribution in [0.4, 0.5) is 4.39 Å². The maximum absolute atomic E-state index is 13.4. The molecule has 0 radical (unpaired) electrons. The molecule has 0 spiro atoms. The number of hydrogen-bond donors (Lipinski definition) is 1. The summed E-state index contributed by atoms with van der Waals surface area (Å²) in [5.74, 6) is -0.380. The fourth-order valence-corrected chi connectivity index (χ4v) is 4.96. The summed E-state index contributed by atoms with van der Waals surface area (Å²) in [4.78, 5) is 0.293. The van der Waals surface area contributed by atoms with Gasteiger partial charge in [0.1, 0.15) is 5.82 Å². The number of fused-ring (bicyclic) bond motifs is 1. The molecule has 0 saturated carbocycles. The van der Waals surface area contributed by atoms with E-state index in [2.05, 4.69) is 5.32 Å². The van der Waals surface area contributed by atoms with Crippen molar-refractivity contribution in [1.82, 2.24) is 5.32 Å². The zero-order valence-electron chi connectivity index (χ0n) is 11.3. The van der Waals surface area contributed by atoms with E-state index in [0.717, 1.165) is 19.4 Å². The average Bonchev–Trinajstić information content (AvgIpc) is 2.56. The molecular weight excluding hydrogens is 265 g/mol. The predicted octanol–water partition coefficient (Wildman–Crippen LogP) is 2.82. The van der Waals surface area contributed by atoms with Crippen LogP contribution < -0.4 is 5.32 Å². The van der Waals surface area contributed by atoms with Gasteiger partial charge in [-0.3, -0.25) is 0 Å². The molecule has 0 aromatic heterocycles. The molecule has 0 bridgehead atoms. The molecule has 1 heterocycles. The maximum Gasteiger partial charge on any atom is 0.183 e. The van der Waals surface area contributed by atoms with Crippen LogP contribution in [-0.2, 0) is 9.84 Å². The van der Waals surface area contributed by atoms with E-state index in [1.54, 1.807) is 0 Å². The van der Waals surface area contributed by atoms with Crippen molar-refractivity contribution in [3.63, 3.8) is 0 Å². The Morgan fingerprint density at radius 3 is 2.63 bits per heavy atom. The van der Waals surface area contributed by atoms with E-state index in [1.165, 1.54) is 18.2 Å². The van der Waals surface area contributed by atoms with E-state index < -0.39 is 15.1 Å². The number of sulfone groups is 1. The second-order valence-electron chi connectivity index (χ2n) is 4.99. The Kier molecular flexibility index (Phi) is 4.26. The normalized spacial score (nSPS) is 24.4. The number of benzene rings is 1. The number of rotatable bonds is 5. The second-order valence-corrected chi connectivity index (χ2v) is 7.12. The molecule has 1 aliphatic rings. The van der Waals surface area contributed by atoms with E-state index in [9.17, 15) is 12.8 Å². The van der Waals surface area contributed by atoms with Crippen molar-refractivity contribution in [2.45, 2.75) is 49.3 Å². The maximum atomic E-state index is 13.4. The van der Waals surface area contributed by atoms with Crippen LogP contribution in [0.5, 0.6) is 0 Å². The summed E-state index contributed by atoms with van der Waals surface area (Å²) >= 11 is 0. The summed E-state index contributed by atoms with van der Waals surface area (Å²) in [6, 6.07) is 3.70. The lowest BCUT2D eigenvalue weighted by Gasteiger charge is -2.20. The van der Waals surface area contributed by atoms with Gasteiger partial charge in [-0.2, -0.15) is 0 Å². The number of hydrogen-bond acceptors (Lipinski definition) is 3. The van der Waals surface area contributed by atoms with Gasteiger partial charge in [0, 0.05) is 0 Å². The van der Waals surface area contributed by atoms with Crippen molar-refractivity contribution in [2.24, 2.45) is 0 Å². The largest absolute Gasteiger partial charge is 0.309 e. The summed E-state index contributed by atoms with van der Waals surface area (Å²) in [7, 11) is -3.33. The Hall–Kier alpha value is -0.940. The van der Waals surface area contributed by atoms with Gasteiger partial charge in [-0.15, -0.1) is 0 Å². The molecule has 2 rings (SSSR count). The molecule has 106 valence electrons. The van der Waals surface area contributed by atoms with Crippen LogP contribution in [-0.4, -0.2) is 20.2 Å². The third kappa shape index (κ3) is 2.54. The average molecular weight is 285 g/mol. The highest BCUT2D eigenvalue weighted by Crippen LogP contribution is 2.41. The minimum atomic E-state index is -3.33. The lowest BCUT2D eigenvalue weighted by Crippen LogP contribution is -2.32. The van der Waals surface area contributed by atoms with Gasteiger partial charge in [-0.05, 0) is 43.1 Å². The molecule has 1 aromatic rings. The smallest absolute Gasteiger partial charge is 0.183 e. The van der Waals surface area contributed by atoms with Crippen LogP contribution in [0.2, 0.25) is 0 Å². The summed E-state index contributed by atoms with van der Waals surface area (Å²) in [5, 5.41) is 2.79. The first-order chi connectivity index (χ1) is 9.02. The number of nitrogens with one attached hydrogen (secondary N) is 1. The van der Waals surface area contributed by atoms with Crippen LogP contribution in [0.3, 0.4) is 0 Å². The summed E-state index contributed by atoms with van der Waals surface area (Å²) < 4.78 is 38.4. The van der Waals surface area contributed by atoms with E-state index in [4.69, 9.17) is 0 Å². The van der Waals surface area contributed by atoms with Crippen molar-refractivity contribution in [2.75, 3.05) is 6.54 Å². The van der Waals surface area contributed by atoms with Crippen LogP contribution in [0, 0.1) is 5.82 Å². The molecule has 2 atom stereocenters. The molecule has 3 nitrogen and oxygen atoms in total. The van der Waals surface area contributed by atoms with Crippen LogP contribution in [0.15, 0.2) is 23.1 Å². The Morgan fingerprint density at radius 1 is 1.26 bits per heavy atom. The quantitative estimate of drug-likeness (QED) is 0.846. The third-order valence-electron chi connectivity index (χ3n) is 3.57. The summed E-state index contributed by atoms with van der Waals surface area (Å²) in [6.45, 7) is 4.73. The van der Waals surface area contributed by atoms with Gasteiger partial charge in [0.25, 0.3) is 0 Å². The SMILES string of the molecule is CCCNC1c2cc(F)ccc2S(=O)(=O)C1CCC. The molecule has 0 amide bonds. The molecule has 2 unspecified atom stereocenters. The fourth-order valence-electron chi connectivity index (χ4n) is 2.71. The Morgan fingerprint density at radius 2 is 2.00 bits per heavy atom. The van der Waals surface area contributed by atoms with Crippen molar-refractivity contribution >= 4 is 9.84 Å². The topological polar surface area (TPSA) is 46.2 Å². The van der Waals surface area contributed by atoms with Gasteiger partial charge in [0.2, 0.25) is 0 Å². The van der Waals surface area contributed by atoms with E-state index in [-0.39, 0.29) is 11.9 Å². The van der Waals surface area contributed by atoms with Crippen molar-refractivity contribution in [3.05, 3.63) is 29.6 Å². The van der Waals surface area contributed by atoms with Gasteiger partial charge < -0.3 is 5.32 Å². The van der Waals surface area contributed by atoms with Crippen molar-refractivity contribution in [3.8, 4) is 0 Å². The van der Waals surface area contributed by atoms with E-state index in [1.807, 2.05) is 13.8 Å². The minimum absolute atomic E-state index is 0.282. The Labute approximate surface area is 114 Å². The predicted molar refractivity (Wildman–Crippen MR) is 73.3 cm³/mol. The van der Waals surface area contributed by atoms with Gasteiger partial charge in [-0.1, -0.05) is 20.3 Å². The number of halogens is 1. The molecule has 1 N–H and O–H groups in total. The van der Waals surface area contributed by atoms with Gasteiger partial charge >= 0.3 is 0 Å². The second kappa shape index (κ2) is 5.59. The van der Waals surface area contributed by atoms with Crippen LogP contribution in [0.1, 0.15) is 44.7 Å². The fraction of sp³-hybridized carbons (Fsp3) is 0.571. The summed E-state index contributed by atoms with van der Waals surface area (Å²) in [6.07, 6.45) is 2.31. The van der Waals surface area contributed by atoms with Crippen molar-refractivity contribution in [1.29, 1.82) is 0 Å². The molecule has 0 saturated heterocycles. The highest BCUT2D eigenvalue weighted by Gasteiger charge is 2.44. The molecule has 1 aliphatic heterocycles. The Balaban J connectivity index is 2.47. The Bertz CT molecular complexity index is 557. The zero-order chi connectivity index (χ0) is 14.0. The summed E-state index contributed by atoms with van der Waals surface area (Å²) in [5.41, 5.74) is 0.590. The monoisotopic (exact) mass is 285 g/mol.